The van der Waals surface area contributed by atoms with Crippen molar-refractivity contribution in [1.82, 2.24) is 15.6 Å². The number of hydrogen-bond acceptors (Lipinski definition) is 7. The molecule has 0 saturated carbocycles. The molecule has 1 heterocycles. The summed E-state index contributed by atoms with van der Waals surface area (Å²) in [6.45, 7) is 0. The fourth-order valence-corrected chi connectivity index (χ4v) is 5.37. The van der Waals surface area contributed by atoms with E-state index < -0.39 is 17.6 Å². The van der Waals surface area contributed by atoms with Crippen molar-refractivity contribution in [3.05, 3.63) is 70.2 Å². The van der Waals surface area contributed by atoms with Crippen LogP contribution >= 0.6 is 46.5 Å². The van der Waals surface area contributed by atoms with Crippen LogP contribution in [0.5, 0.6) is 0 Å². The third-order valence-electron chi connectivity index (χ3n) is 3.68. The Kier molecular flexibility index (Phi) is 8.35. The molecule has 1 amide bonds. The Balaban J connectivity index is 1.46. The summed E-state index contributed by atoms with van der Waals surface area (Å²) in [7, 11) is 0. The summed E-state index contributed by atoms with van der Waals surface area (Å²) in [5.41, 5.74) is 2.25. The van der Waals surface area contributed by atoms with E-state index in [0.717, 1.165) is 22.2 Å². The number of hydrazone groups is 1. The zero-order chi connectivity index (χ0) is 22.3. The molecule has 1 N–H and O–H groups in total. The van der Waals surface area contributed by atoms with Gasteiger partial charge in [-0.15, -0.1) is 10.2 Å². The monoisotopic (exact) mass is 502 g/mol. The van der Waals surface area contributed by atoms with Crippen LogP contribution in [0.15, 0.2) is 62.3 Å². The normalized spacial score (nSPS) is 11.7. The van der Waals surface area contributed by atoms with Crippen LogP contribution in [0.4, 0.5) is 13.2 Å². The molecule has 0 unspecified atom stereocenters. The first-order valence-electron chi connectivity index (χ1n) is 8.63. The van der Waals surface area contributed by atoms with Crippen LogP contribution in [0.2, 0.25) is 5.02 Å². The van der Waals surface area contributed by atoms with Crippen molar-refractivity contribution < 1.29 is 18.0 Å². The van der Waals surface area contributed by atoms with E-state index in [9.17, 15) is 18.0 Å². The van der Waals surface area contributed by atoms with Crippen molar-refractivity contribution in [3.8, 4) is 0 Å². The predicted molar refractivity (Wildman–Crippen MR) is 119 cm³/mol. The van der Waals surface area contributed by atoms with Crippen molar-refractivity contribution in [1.29, 1.82) is 0 Å². The van der Waals surface area contributed by atoms with Gasteiger partial charge in [-0.1, -0.05) is 82.9 Å². The molecular formula is C19H14ClF3N4OS3. The number of carbonyl (C=O) groups excluding carboxylic acids is 1. The van der Waals surface area contributed by atoms with Crippen molar-refractivity contribution in [2.24, 2.45) is 5.10 Å². The Hall–Kier alpha value is -2.08. The Bertz CT molecular complexity index is 1080. The number of alkyl halides is 3. The van der Waals surface area contributed by atoms with Gasteiger partial charge in [-0.3, -0.25) is 4.79 Å². The van der Waals surface area contributed by atoms with Gasteiger partial charge in [0.15, 0.2) is 8.68 Å². The van der Waals surface area contributed by atoms with Gasteiger partial charge in [0.1, 0.15) is 0 Å². The molecule has 1 aromatic heterocycles. The first-order valence-corrected chi connectivity index (χ1v) is 11.8. The second kappa shape index (κ2) is 11.0. The maximum absolute atomic E-state index is 12.9. The van der Waals surface area contributed by atoms with Gasteiger partial charge in [0.05, 0.1) is 17.5 Å². The van der Waals surface area contributed by atoms with Gasteiger partial charge >= 0.3 is 6.18 Å². The summed E-state index contributed by atoms with van der Waals surface area (Å²) in [5.74, 6) is 0.182. The van der Waals surface area contributed by atoms with Gasteiger partial charge < -0.3 is 0 Å². The predicted octanol–water partition coefficient (Wildman–Crippen LogP) is 5.75. The Morgan fingerprint density at radius 2 is 1.77 bits per heavy atom. The molecule has 0 radical (unpaired) electrons. The minimum absolute atomic E-state index is 0.00205. The van der Waals surface area contributed by atoms with Gasteiger partial charge in [0, 0.05) is 16.3 Å². The van der Waals surface area contributed by atoms with Crippen LogP contribution < -0.4 is 5.43 Å². The largest absolute Gasteiger partial charge is 0.417 e. The number of nitrogens with one attached hydrogen (secondary N) is 1. The molecule has 0 atom stereocenters. The number of amides is 1. The Morgan fingerprint density at radius 3 is 2.52 bits per heavy atom. The lowest BCUT2D eigenvalue weighted by molar-refractivity contribution is -0.137. The molecular weight excluding hydrogens is 489 g/mol. The van der Waals surface area contributed by atoms with Crippen molar-refractivity contribution in [2.75, 3.05) is 5.75 Å². The number of carbonyl (C=O) groups is 1. The number of hydrogen-bond donors (Lipinski definition) is 1. The van der Waals surface area contributed by atoms with Gasteiger partial charge in [0.2, 0.25) is 0 Å². The Morgan fingerprint density at radius 1 is 1.10 bits per heavy atom. The second-order valence-corrected chi connectivity index (χ2v) is 9.71. The van der Waals surface area contributed by atoms with Gasteiger partial charge in [-0.25, -0.2) is 5.43 Å². The third-order valence-corrected chi connectivity index (χ3v) is 7.29. The summed E-state index contributed by atoms with van der Waals surface area (Å²) >= 11 is 10.1. The molecule has 0 aliphatic carbocycles. The average Bonchev–Trinajstić information content (AvgIpc) is 3.19. The number of rotatable bonds is 8. The standard InChI is InChI=1S/C19H14ClF3N4OS3/c20-15-8-4-2-6-13(15)10-29-17-26-27-18(31-17)30-11-16(28)25-24-9-12-5-1-3-7-14(12)19(21,22)23/h1-9H,10-11H2,(H,25,28)/b24-9-. The fraction of sp³-hybridized carbons (Fsp3) is 0.158. The summed E-state index contributed by atoms with van der Waals surface area (Å²) < 4.78 is 40.2. The van der Waals surface area contributed by atoms with Gasteiger partial charge in [-0.2, -0.15) is 18.3 Å². The minimum atomic E-state index is -4.50. The molecule has 0 fully saturated rings. The van der Waals surface area contributed by atoms with Crippen molar-refractivity contribution in [2.45, 2.75) is 20.6 Å². The van der Waals surface area contributed by atoms with E-state index in [0.29, 0.717) is 15.1 Å². The highest BCUT2D eigenvalue weighted by Crippen LogP contribution is 2.32. The molecule has 3 aromatic rings. The molecule has 0 spiro atoms. The lowest BCUT2D eigenvalue weighted by Gasteiger charge is -2.09. The topological polar surface area (TPSA) is 67.2 Å². The van der Waals surface area contributed by atoms with Crippen molar-refractivity contribution in [3.63, 3.8) is 0 Å². The van der Waals surface area contributed by atoms with E-state index in [1.807, 2.05) is 24.3 Å². The molecule has 162 valence electrons. The van der Waals surface area contributed by atoms with E-state index in [-0.39, 0.29) is 11.3 Å². The zero-order valence-electron chi connectivity index (χ0n) is 15.6. The van der Waals surface area contributed by atoms with Crippen LogP contribution in [-0.2, 0) is 16.7 Å². The quantitative estimate of drug-likeness (QED) is 0.241. The highest BCUT2D eigenvalue weighted by molar-refractivity contribution is 8.03. The number of nitrogens with zero attached hydrogens (tertiary/aromatic N) is 3. The molecule has 31 heavy (non-hydrogen) atoms. The van der Waals surface area contributed by atoms with E-state index in [1.165, 1.54) is 53.1 Å². The van der Waals surface area contributed by atoms with Gasteiger partial charge in [-0.05, 0) is 17.7 Å². The average molecular weight is 503 g/mol. The Labute approximate surface area is 193 Å². The van der Waals surface area contributed by atoms with Crippen LogP contribution in [0, 0.1) is 0 Å². The molecule has 0 saturated heterocycles. The van der Waals surface area contributed by atoms with E-state index in [1.54, 1.807) is 0 Å². The number of halogens is 4. The molecule has 5 nitrogen and oxygen atoms in total. The maximum Gasteiger partial charge on any atom is 0.417 e. The maximum atomic E-state index is 12.9. The fourth-order valence-electron chi connectivity index (χ4n) is 2.27. The van der Waals surface area contributed by atoms with Crippen LogP contribution in [0.3, 0.4) is 0 Å². The first kappa shape index (κ1) is 23.6. The highest BCUT2D eigenvalue weighted by atomic mass is 35.5. The summed E-state index contributed by atoms with van der Waals surface area (Å²) in [5, 5.41) is 12.4. The highest BCUT2D eigenvalue weighted by Gasteiger charge is 2.32. The molecule has 3 rings (SSSR count). The number of aromatic nitrogens is 2. The van der Waals surface area contributed by atoms with E-state index >= 15 is 0 Å². The van der Waals surface area contributed by atoms with Crippen LogP contribution in [-0.4, -0.2) is 28.1 Å². The third kappa shape index (κ3) is 7.23. The lowest BCUT2D eigenvalue weighted by atomic mass is 10.1. The minimum Gasteiger partial charge on any atom is -0.272 e. The van der Waals surface area contributed by atoms with E-state index in [4.69, 9.17) is 11.6 Å². The summed E-state index contributed by atoms with van der Waals surface area (Å²) in [6.07, 6.45) is -3.53. The SMILES string of the molecule is O=C(CSc1nnc(SCc2ccccc2Cl)s1)N/N=C\c1ccccc1C(F)(F)F. The second-order valence-electron chi connectivity index (χ2n) is 5.88. The molecule has 0 aliphatic heterocycles. The summed E-state index contributed by atoms with van der Waals surface area (Å²) in [6, 6.07) is 12.5. The number of benzene rings is 2. The zero-order valence-corrected chi connectivity index (χ0v) is 18.8. The molecule has 12 heteroatoms. The number of thioether (sulfide) groups is 2. The molecule has 0 bridgehead atoms. The molecule has 0 aliphatic rings. The van der Waals surface area contributed by atoms with E-state index in [2.05, 4.69) is 20.7 Å². The summed E-state index contributed by atoms with van der Waals surface area (Å²) in [4.78, 5) is 11.9. The smallest absolute Gasteiger partial charge is 0.272 e. The van der Waals surface area contributed by atoms with Crippen LogP contribution in [0.25, 0.3) is 0 Å². The molecule has 2 aromatic carbocycles. The van der Waals surface area contributed by atoms with Crippen LogP contribution in [0.1, 0.15) is 16.7 Å². The lowest BCUT2D eigenvalue weighted by Crippen LogP contribution is -2.20. The van der Waals surface area contributed by atoms with Crippen molar-refractivity contribution >= 4 is 58.6 Å². The van der Waals surface area contributed by atoms with Gasteiger partial charge in [0.25, 0.3) is 5.91 Å². The first-order chi connectivity index (χ1) is 14.8.